The molecule has 0 radical (unpaired) electrons. The number of ether oxygens (including phenoxy) is 1. The van der Waals surface area contributed by atoms with E-state index in [-0.39, 0.29) is 99.5 Å². The second-order valence-electron chi connectivity index (χ2n) is 33.7. The first kappa shape index (κ1) is 97.0. The van der Waals surface area contributed by atoms with E-state index in [4.69, 9.17) is 8.92 Å². The predicted octanol–water partition coefficient (Wildman–Crippen LogP) is 9.44. The molecule has 1 saturated heterocycles. The molecule has 1 aliphatic rings. The molecular weight excluding hydrogens is 1400 g/mol. The molecule has 0 bridgehead atoms. The first-order chi connectivity index (χ1) is 49.9. The average Bonchev–Trinajstić information content (AvgIpc) is 0.812. The number of carbonyl (C=O) groups excluding carboxylic acids is 13. The number of hydrogen-bond acceptors (Lipinski definition) is 18. The predicted molar refractivity (Wildman–Crippen MR) is 415 cm³/mol. The Morgan fingerprint density at radius 1 is 0.620 bits per heavy atom. The van der Waals surface area contributed by atoms with Crippen LogP contribution >= 0.6 is 0 Å². The van der Waals surface area contributed by atoms with E-state index in [1.165, 1.54) is 94.9 Å². The number of aliphatic hydroxyl groups is 1. The highest BCUT2D eigenvalue weighted by Gasteiger charge is 2.47. The van der Waals surface area contributed by atoms with E-state index >= 15 is 24.0 Å². The molecule has 26 heteroatoms. The standard InChI is InChI=1S/C82H135N7O18S/c1-27-63-68(92)40-55(16)66(90)45-62(82(19,20)46-85(21)79(101)61(51(10)11)44-71(95)106-26)67(91)43-60(50(8)9)80(102)87(23)64(38-48(4)5)69(93)41-56(17)75(97)83-57(18)77(99)86(22)65(39-49(6)7)70(94)42-58(37-47(2)3)78(100)88(24)72(52(12)13)81(103)89(25)73(76(98)84-63)74(96)54(15)31-29-28-30-36-107-108(104,105)59-34-32-53(14)33-35-59/h28-29,32-35,47-52,54-58,60-65,72-74,96H,27,30-31,36-46H2,1-26H3,(H,83,97)(H,84,98)/t54-,55+,56-,57-,58-,60+,61+,62-,63+,64+,65+,72+,73+,74-/m1/s1. The molecule has 3 N–H and O–H groups in total. The van der Waals surface area contributed by atoms with E-state index in [1.54, 1.807) is 93.5 Å². The van der Waals surface area contributed by atoms with Gasteiger partial charge in [0, 0.05) is 103 Å². The Morgan fingerprint density at radius 3 is 1.64 bits per heavy atom. The van der Waals surface area contributed by atoms with Crippen molar-refractivity contribution in [3.63, 3.8) is 0 Å². The summed E-state index contributed by atoms with van der Waals surface area (Å²) in [6.45, 7) is 34.4. The fourth-order valence-electron chi connectivity index (χ4n) is 14.4. The zero-order chi connectivity index (χ0) is 83.1. The molecule has 0 spiro atoms. The van der Waals surface area contributed by atoms with Crippen molar-refractivity contribution in [3.05, 3.63) is 42.0 Å². The van der Waals surface area contributed by atoms with Crippen LogP contribution in [0.5, 0.6) is 0 Å². The number of Topliss-reactive ketones (excluding diaryl/α,β-unsaturated/α-hetero) is 5. The second-order valence-corrected chi connectivity index (χ2v) is 35.3. The third-order valence-corrected chi connectivity index (χ3v) is 22.6. The number of esters is 1. The molecule has 612 valence electrons. The van der Waals surface area contributed by atoms with Crippen LogP contribution in [0.1, 0.15) is 214 Å². The fourth-order valence-corrected chi connectivity index (χ4v) is 15.3. The number of benzene rings is 1. The lowest BCUT2D eigenvalue weighted by Crippen LogP contribution is -2.62. The Balaban J connectivity index is 3.05. The molecule has 108 heavy (non-hydrogen) atoms. The van der Waals surface area contributed by atoms with Crippen molar-refractivity contribution in [2.75, 3.05) is 55.5 Å². The number of rotatable bonds is 25. The van der Waals surface area contributed by atoms with E-state index in [0.717, 1.165) is 10.5 Å². The van der Waals surface area contributed by atoms with Gasteiger partial charge in [-0.05, 0) is 111 Å². The highest BCUT2D eigenvalue weighted by Crippen LogP contribution is 2.37. The number of hydrogen-bond donors (Lipinski definition) is 3. The smallest absolute Gasteiger partial charge is 0.306 e. The van der Waals surface area contributed by atoms with Gasteiger partial charge in [-0.25, -0.2) is 0 Å². The summed E-state index contributed by atoms with van der Waals surface area (Å²) in [6.07, 6.45) is 0.0669. The molecule has 0 saturated carbocycles. The fraction of sp³-hybridized carbons (Fsp3) is 0.744. The summed E-state index contributed by atoms with van der Waals surface area (Å²) < 4.78 is 36.1. The van der Waals surface area contributed by atoms with E-state index < -0.39 is 207 Å². The van der Waals surface area contributed by atoms with Crippen LogP contribution in [-0.2, 0) is 81.4 Å². The van der Waals surface area contributed by atoms with E-state index in [1.807, 2.05) is 48.5 Å². The molecule has 1 heterocycles. The molecule has 1 aromatic carbocycles. The molecule has 14 atom stereocenters. The Kier molecular flexibility index (Phi) is 39.6. The van der Waals surface area contributed by atoms with Gasteiger partial charge in [0.05, 0.1) is 55.2 Å². The Labute approximate surface area is 645 Å². The van der Waals surface area contributed by atoms with Gasteiger partial charge in [-0.1, -0.05) is 154 Å². The summed E-state index contributed by atoms with van der Waals surface area (Å²) in [7, 11) is 4.32. The van der Waals surface area contributed by atoms with Crippen molar-refractivity contribution in [2.45, 2.75) is 263 Å². The SMILES string of the molecule is CC[C@@H]1NC(=O)[C@H]([C@H](O)[C@H](C)CC=CCCOS(=O)(=O)c2ccc(C)cc2)N(C)C(=O)[C@H](C(C)C)N(C)C(=O)[C@H](CC(C)C)CC(=O)[C@H](CC(C)C)N(C)C(=O)[C@@H](C)NC(=O)[C@H](C)CC(=O)[C@H](CC(C)C)N(C)C(=O)[C@H](C(C)C)CC(=O)[C@H](C(C)(C)CN(C)C(=O)[C@@H](CC(=O)OC)C(C)C)CC(=O)[C@@H](C)CC1=O. The number of methoxy groups -OCH3 is 1. The van der Waals surface area contributed by atoms with Crippen LogP contribution in [0, 0.1) is 89.3 Å². The van der Waals surface area contributed by atoms with Gasteiger partial charge in [0.2, 0.25) is 41.4 Å². The van der Waals surface area contributed by atoms with Crippen LogP contribution in [0.3, 0.4) is 0 Å². The van der Waals surface area contributed by atoms with Crippen LogP contribution in [0.25, 0.3) is 0 Å². The minimum absolute atomic E-state index is 0.0125. The van der Waals surface area contributed by atoms with Crippen LogP contribution in [0.15, 0.2) is 41.3 Å². The van der Waals surface area contributed by atoms with Gasteiger partial charge in [-0.15, -0.1) is 0 Å². The van der Waals surface area contributed by atoms with Gasteiger partial charge in [0.1, 0.15) is 29.7 Å². The van der Waals surface area contributed by atoms with E-state index in [0.29, 0.717) is 0 Å². The monoisotopic (exact) mass is 1540 g/mol. The molecule has 7 amide bonds. The molecule has 1 aliphatic heterocycles. The number of aliphatic hydroxyl groups excluding tert-OH is 1. The number of likely N-dealkylation sites (N-methyl/N-ethyl adjacent to an activating group) is 4. The molecule has 1 aromatic rings. The molecule has 0 aliphatic carbocycles. The number of ketones is 5. The van der Waals surface area contributed by atoms with E-state index in [9.17, 15) is 51.9 Å². The van der Waals surface area contributed by atoms with Gasteiger partial charge in [0.15, 0.2) is 17.3 Å². The maximum absolute atomic E-state index is 15.5. The van der Waals surface area contributed by atoms with Gasteiger partial charge in [-0.2, -0.15) is 8.42 Å². The molecule has 0 unspecified atom stereocenters. The van der Waals surface area contributed by atoms with Crippen LogP contribution in [0.4, 0.5) is 0 Å². The quantitative estimate of drug-likeness (QED) is 0.0355. The van der Waals surface area contributed by atoms with Gasteiger partial charge < -0.3 is 45.0 Å². The van der Waals surface area contributed by atoms with Crippen molar-refractivity contribution in [1.82, 2.24) is 35.1 Å². The van der Waals surface area contributed by atoms with Gasteiger partial charge in [-0.3, -0.25) is 66.5 Å². The molecule has 25 nitrogen and oxygen atoms in total. The second kappa shape index (κ2) is 44.1. The molecule has 2 rings (SSSR count). The summed E-state index contributed by atoms with van der Waals surface area (Å²) in [5.41, 5.74) is -0.378. The topological polar surface area (TPSA) is 335 Å². The van der Waals surface area contributed by atoms with Crippen molar-refractivity contribution >= 4 is 86.4 Å². The maximum Gasteiger partial charge on any atom is 0.306 e. The van der Waals surface area contributed by atoms with Gasteiger partial charge in [0.25, 0.3) is 10.1 Å². The lowest BCUT2D eigenvalue weighted by Gasteiger charge is -2.40. The van der Waals surface area contributed by atoms with Crippen LogP contribution in [-0.4, -0.2) is 212 Å². The summed E-state index contributed by atoms with van der Waals surface area (Å²) in [5.74, 6) is -16.8. The normalized spacial score (nSPS) is 24.9. The van der Waals surface area contributed by atoms with E-state index in [2.05, 4.69) is 10.6 Å². The maximum atomic E-state index is 15.5. The third kappa shape index (κ3) is 28.7. The molecule has 0 aromatic heterocycles. The summed E-state index contributed by atoms with van der Waals surface area (Å²) in [5, 5.41) is 18.0. The highest BCUT2D eigenvalue weighted by molar-refractivity contribution is 7.86. The largest absolute Gasteiger partial charge is 0.469 e. The first-order valence-corrected chi connectivity index (χ1v) is 40.2. The number of allylic oxidation sites excluding steroid dienone is 1. The van der Waals surface area contributed by atoms with Crippen molar-refractivity contribution in [1.29, 1.82) is 0 Å². The lowest BCUT2D eigenvalue weighted by molar-refractivity contribution is -0.155. The zero-order valence-corrected chi connectivity index (χ0v) is 70.8. The van der Waals surface area contributed by atoms with Crippen LogP contribution < -0.4 is 10.6 Å². The number of aryl methyl sites for hydroxylation is 1. The lowest BCUT2D eigenvalue weighted by atomic mass is 9.70. The summed E-state index contributed by atoms with van der Waals surface area (Å²) >= 11 is 0. The number of carbonyl (C=O) groups is 13. The van der Waals surface area contributed by atoms with Crippen molar-refractivity contribution < 1.29 is 84.8 Å². The number of amides is 7. The van der Waals surface area contributed by atoms with Crippen molar-refractivity contribution in [3.8, 4) is 0 Å². The average molecular weight is 1540 g/mol. The highest BCUT2D eigenvalue weighted by atomic mass is 32.2. The molecular formula is C82H135N7O18S. The Hall–Kier alpha value is -7.06. The number of nitrogens with zero attached hydrogens (tertiary/aromatic N) is 5. The molecule has 1 fully saturated rings. The summed E-state index contributed by atoms with van der Waals surface area (Å²) in [4.78, 5) is 198. The van der Waals surface area contributed by atoms with Crippen molar-refractivity contribution in [2.24, 2.45) is 82.3 Å². The zero-order valence-electron chi connectivity index (χ0n) is 69.9. The third-order valence-electron chi connectivity index (χ3n) is 21.3. The van der Waals surface area contributed by atoms with Crippen LogP contribution in [0.2, 0.25) is 0 Å². The summed E-state index contributed by atoms with van der Waals surface area (Å²) in [6, 6.07) is -1.59. The van der Waals surface area contributed by atoms with Gasteiger partial charge >= 0.3 is 5.97 Å². The minimum Gasteiger partial charge on any atom is -0.469 e. The first-order valence-electron chi connectivity index (χ1n) is 38.8. The Morgan fingerprint density at radius 2 is 1.14 bits per heavy atom. The minimum atomic E-state index is -4.08. The Bertz CT molecular complexity index is 3380. The number of nitrogens with one attached hydrogen (secondary N) is 2.